The summed E-state index contributed by atoms with van der Waals surface area (Å²) in [6.45, 7) is 6.71. The first-order valence-electron chi connectivity index (χ1n) is 14.3. The van der Waals surface area contributed by atoms with Crippen molar-refractivity contribution in [3.05, 3.63) is 52.9 Å². The van der Waals surface area contributed by atoms with Crippen LogP contribution in [-0.4, -0.2) is 89.6 Å². The van der Waals surface area contributed by atoms with Crippen molar-refractivity contribution in [1.29, 1.82) is 0 Å². The number of esters is 1. The van der Waals surface area contributed by atoms with Crippen molar-refractivity contribution in [2.24, 2.45) is 0 Å². The molecule has 0 aliphatic carbocycles. The molecule has 1 fully saturated rings. The highest BCUT2D eigenvalue weighted by molar-refractivity contribution is 5.83. The highest BCUT2D eigenvalue weighted by Gasteiger charge is 2.45. The van der Waals surface area contributed by atoms with Crippen LogP contribution in [0.2, 0.25) is 0 Å². The molecular weight excluding hydrogens is 594 g/mol. The van der Waals surface area contributed by atoms with Crippen molar-refractivity contribution in [3.63, 3.8) is 0 Å². The summed E-state index contributed by atoms with van der Waals surface area (Å²) in [5, 5.41) is 34.0. The molecule has 14 heteroatoms. The minimum absolute atomic E-state index is 0.122. The van der Waals surface area contributed by atoms with Crippen molar-refractivity contribution in [3.8, 4) is 28.4 Å². The number of nitrogens with one attached hydrogen (secondary N) is 1. The lowest BCUT2D eigenvalue weighted by molar-refractivity contribution is -0.278. The molecule has 6 atom stereocenters. The lowest BCUT2D eigenvalue weighted by atomic mass is 9.99. The molecule has 3 heterocycles. The molecule has 0 saturated carbocycles. The lowest BCUT2D eigenvalue weighted by Crippen LogP contribution is -2.60. The van der Waals surface area contributed by atoms with E-state index in [9.17, 15) is 29.7 Å². The maximum Gasteiger partial charge on any atom is 0.408 e. The van der Waals surface area contributed by atoms with Crippen LogP contribution < -0.4 is 25.0 Å². The number of ether oxygens (including phenoxy) is 6. The number of carbonyl (C=O) groups excluding carboxylic acids is 2. The summed E-state index contributed by atoms with van der Waals surface area (Å²) in [4.78, 5) is 37.7. The highest BCUT2D eigenvalue weighted by Crippen LogP contribution is 2.34. The van der Waals surface area contributed by atoms with Crippen LogP contribution in [0.1, 0.15) is 27.7 Å². The summed E-state index contributed by atoms with van der Waals surface area (Å²) >= 11 is 0. The van der Waals surface area contributed by atoms with Crippen LogP contribution in [0.15, 0.2) is 51.9 Å². The summed E-state index contributed by atoms with van der Waals surface area (Å²) in [6.07, 6.45) is -7.32. The van der Waals surface area contributed by atoms with E-state index in [1.807, 2.05) is 0 Å². The third-order valence-corrected chi connectivity index (χ3v) is 7.00. The van der Waals surface area contributed by atoms with Gasteiger partial charge in [0.25, 0.3) is 0 Å². The van der Waals surface area contributed by atoms with E-state index in [1.54, 1.807) is 39.0 Å². The molecule has 5 rings (SSSR count). The van der Waals surface area contributed by atoms with Gasteiger partial charge in [0.15, 0.2) is 16.9 Å². The number of carbonyl (C=O) groups is 2. The average molecular weight is 630 g/mol. The quantitative estimate of drug-likeness (QED) is 0.277. The van der Waals surface area contributed by atoms with Crippen molar-refractivity contribution in [1.82, 2.24) is 5.32 Å². The summed E-state index contributed by atoms with van der Waals surface area (Å²) in [6, 6.07) is 8.42. The van der Waals surface area contributed by atoms with Gasteiger partial charge in [-0.2, -0.15) is 0 Å². The fourth-order valence-corrected chi connectivity index (χ4v) is 4.71. The van der Waals surface area contributed by atoms with Gasteiger partial charge in [0.05, 0.1) is 10.9 Å². The largest absolute Gasteiger partial charge is 0.486 e. The zero-order valence-corrected chi connectivity index (χ0v) is 25.1. The number of aliphatic hydroxyl groups is 3. The van der Waals surface area contributed by atoms with Gasteiger partial charge in [-0.05, 0) is 57.5 Å². The predicted molar refractivity (Wildman–Crippen MR) is 156 cm³/mol. The van der Waals surface area contributed by atoms with Gasteiger partial charge in [0, 0.05) is 6.07 Å². The molecule has 4 N–H and O–H groups in total. The van der Waals surface area contributed by atoms with Gasteiger partial charge >= 0.3 is 12.1 Å². The third kappa shape index (κ3) is 7.31. The lowest BCUT2D eigenvalue weighted by Gasteiger charge is -2.40. The summed E-state index contributed by atoms with van der Waals surface area (Å²) in [7, 11) is 0. The number of benzene rings is 2. The van der Waals surface area contributed by atoms with Crippen LogP contribution in [0.4, 0.5) is 4.79 Å². The zero-order valence-electron chi connectivity index (χ0n) is 25.1. The topological polar surface area (TPSA) is 192 Å². The molecule has 0 radical (unpaired) electrons. The molecule has 0 unspecified atom stereocenters. The smallest absolute Gasteiger partial charge is 0.408 e. The number of rotatable bonds is 7. The molecule has 0 bridgehead atoms. The Balaban J connectivity index is 1.25. The first-order valence-corrected chi connectivity index (χ1v) is 14.3. The third-order valence-electron chi connectivity index (χ3n) is 7.00. The van der Waals surface area contributed by atoms with Gasteiger partial charge in [-0.1, -0.05) is 6.07 Å². The molecule has 3 aromatic rings. The minimum Gasteiger partial charge on any atom is -0.486 e. The molecular formula is C31H35NO13. The second kappa shape index (κ2) is 12.9. The van der Waals surface area contributed by atoms with Gasteiger partial charge in [-0.25, -0.2) is 9.59 Å². The van der Waals surface area contributed by atoms with E-state index in [-0.39, 0.29) is 22.1 Å². The number of amides is 1. The van der Waals surface area contributed by atoms with Crippen molar-refractivity contribution in [2.75, 3.05) is 19.8 Å². The normalized spacial score (nSPS) is 23.6. The Hall–Kier alpha value is -4.37. The predicted octanol–water partition coefficient (Wildman–Crippen LogP) is 1.87. The van der Waals surface area contributed by atoms with Crippen molar-refractivity contribution in [2.45, 2.75) is 70.0 Å². The first kappa shape index (κ1) is 32.0. The minimum atomic E-state index is -1.71. The molecule has 1 amide bonds. The van der Waals surface area contributed by atoms with Gasteiger partial charge in [0.1, 0.15) is 73.5 Å². The second-order valence-corrected chi connectivity index (χ2v) is 11.6. The Morgan fingerprint density at radius 2 is 1.73 bits per heavy atom. The van der Waals surface area contributed by atoms with Gasteiger partial charge in [-0.3, -0.25) is 4.79 Å². The number of alkyl carbamates (subject to hydrolysis) is 1. The molecule has 2 aliphatic heterocycles. The number of hydrogen-bond acceptors (Lipinski definition) is 13. The van der Waals surface area contributed by atoms with E-state index >= 15 is 0 Å². The van der Waals surface area contributed by atoms with E-state index < -0.39 is 61.0 Å². The van der Waals surface area contributed by atoms with Crippen LogP contribution in [0.3, 0.4) is 0 Å². The van der Waals surface area contributed by atoms with Crippen LogP contribution in [0.5, 0.6) is 17.2 Å². The first-order chi connectivity index (χ1) is 21.3. The fraction of sp³-hybridized carbons (Fsp3) is 0.452. The summed E-state index contributed by atoms with van der Waals surface area (Å²) in [5.74, 6) is 0.387. The second-order valence-electron chi connectivity index (χ2n) is 11.6. The molecule has 0 spiro atoms. The van der Waals surface area contributed by atoms with Crippen LogP contribution >= 0.6 is 0 Å². The molecule has 1 saturated heterocycles. The number of fused-ring (bicyclic) bond motifs is 2. The van der Waals surface area contributed by atoms with E-state index in [4.69, 9.17) is 32.8 Å². The highest BCUT2D eigenvalue weighted by atomic mass is 16.7. The number of aliphatic hydroxyl groups excluding tert-OH is 3. The van der Waals surface area contributed by atoms with E-state index in [1.165, 1.54) is 31.4 Å². The Morgan fingerprint density at radius 1 is 1.00 bits per heavy atom. The van der Waals surface area contributed by atoms with E-state index in [2.05, 4.69) is 5.32 Å². The molecule has 2 aliphatic rings. The van der Waals surface area contributed by atoms with E-state index in [0.29, 0.717) is 35.8 Å². The standard InChI is InChI=1S/C31H35NO13/c1-15(32-30(38)45-31(2,3)4)28(37)42-14-23-25(34)26(35)27(36)29(44-23)43-17-6-7-18-21(12-17)41-13-19(24(18)33)16-5-8-20-22(11-16)40-10-9-39-20/h5-8,11-13,15,23,25-27,29,34-36H,9-10,14H2,1-4H3,(H,32,38)/t15-,23+,25-,26+,27-,29-/m1/s1. The molecule has 2 aromatic carbocycles. The maximum absolute atomic E-state index is 13.3. The monoisotopic (exact) mass is 629 g/mol. The van der Waals surface area contributed by atoms with Crippen molar-refractivity contribution < 1.29 is 57.7 Å². The van der Waals surface area contributed by atoms with Crippen molar-refractivity contribution >= 4 is 23.0 Å². The maximum atomic E-state index is 13.3. The fourth-order valence-electron chi connectivity index (χ4n) is 4.71. The summed E-state index contributed by atoms with van der Waals surface area (Å²) < 4.78 is 38.5. The molecule has 45 heavy (non-hydrogen) atoms. The zero-order chi connectivity index (χ0) is 32.5. The van der Waals surface area contributed by atoms with E-state index in [0.717, 1.165) is 0 Å². The Labute approximate surface area is 257 Å². The van der Waals surface area contributed by atoms with Crippen LogP contribution in [0.25, 0.3) is 22.1 Å². The molecule has 242 valence electrons. The van der Waals surface area contributed by atoms with Gasteiger partial charge < -0.3 is 53.5 Å². The Kier molecular flexibility index (Phi) is 9.20. The van der Waals surface area contributed by atoms with Gasteiger partial charge in [0.2, 0.25) is 6.29 Å². The molecule has 14 nitrogen and oxygen atoms in total. The Morgan fingerprint density at radius 3 is 2.47 bits per heavy atom. The van der Waals surface area contributed by atoms with Crippen LogP contribution in [0, 0.1) is 0 Å². The average Bonchev–Trinajstić information content (AvgIpc) is 2.99. The van der Waals surface area contributed by atoms with Crippen LogP contribution in [-0.2, 0) is 19.0 Å². The number of hydrogen-bond donors (Lipinski definition) is 4. The van der Waals surface area contributed by atoms with Gasteiger partial charge in [-0.15, -0.1) is 0 Å². The Bertz CT molecular complexity index is 1610. The summed E-state index contributed by atoms with van der Waals surface area (Å²) in [5.41, 5.74) is 0.00530. The SMILES string of the molecule is C[C@@H](NC(=O)OC(C)(C)C)C(=O)OC[C@@H]1O[C@@H](Oc2ccc3c(=O)c(-c4ccc5c(c4)OCCO5)coc3c2)[C@H](O)[C@@H](O)[C@@H]1O. The molecule has 1 aromatic heterocycles.